The first kappa shape index (κ1) is 18.3. The molecule has 0 aliphatic carbocycles. The van der Waals surface area contributed by atoms with Gasteiger partial charge >= 0.3 is 0 Å². The molecule has 0 spiro atoms. The maximum absolute atomic E-state index is 12.9. The summed E-state index contributed by atoms with van der Waals surface area (Å²) in [7, 11) is 0. The smallest absolute Gasteiger partial charge is 0.254 e. The van der Waals surface area contributed by atoms with Gasteiger partial charge < -0.3 is 19.4 Å². The van der Waals surface area contributed by atoms with E-state index in [-0.39, 0.29) is 5.91 Å². The predicted octanol–water partition coefficient (Wildman–Crippen LogP) is 1.89. The van der Waals surface area contributed by atoms with Crippen molar-refractivity contribution in [1.82, 2.24) is 20.1 Å². The van der Waals surface area contributed by atoms with Crippen molar-refractivity contribution in [2.45, 2.75) is 0 Å². The van der Waals surface area contributed by atoms with E-state index in [1.165, 1.54) is 0 Å². The van der Waals surface area contributed by atoms with Gasteiger partial charge in [0.1, 0.15) is 0 Å². The lowest BCUT2D eigenvalue weighted by molar-refractivity contribution is 0.0746. The largest absolute Gasteiger partial charge is 0.378 e. The van der Waals surface area contributed by atoms with Gasteiger partial charge in [0, 0.05) is 44.8 Å². The molecule has 0 saturated carbocycles. The Kier molecular flexibility index (Phi) is 4.99. The minimum absolute atomic E-state index is 0.0775. The molecule has 0 unspecified atom stereocenters. The van der Waals surface area contributed by atoms with Crippen LogP contribution in [0.1, 0.15) is 10.4 Å². The zero-order chi connectivity index (χ0) is 19.6. The molecule has 2 saturated heterocycles. The molecule has 150 valence electrons. The molecule has 8 nitrogen and oxygen atoms in total. The lowest BCUT2D eigenvalue weighted by Crippen LogP contribution is -2.49. The Morgan fingerprint density at radius 2 is 1.59 bits per heavy atom. The van der Waals surface area contributed by atoms with Crippen LogP contribution in [-0.4, -0.2) is 78.5 Å². The molecule has 2 aromatic heterocycles. The third-order valence-corrected chi connectivity index (χ3v) is 6.23. The second-order valence-electron chi connectivity index (χ2n) is 7.16. The SMILES string of the molecule is O=C(c1ccc2ncsc2c1)N1CCN(c2ccc(N3CCOCC3)nn2)CC1. The van der Waals surface area contributed by atoms with Gasteiger partial charge in [0.15, 0.2) is 11.6 Å². The van der Waals surface area contributed by atoms with Crippen LogP contribution in [0.4, 0.5) is 11.6 Å². The van der Waals surface area contributed by atoms with Crippen LogP contribution in [-0.2, 0) is 4.74 Å². The molecule has 0 N–H and O–H groups in total. The van der Waals surface area contributed by atoms with Crippen molar-refractivity contribution >= 4 is 39.1 Å². The molecule has 0 atom stereocenters. The molecule has 5 rings (SSSR count). The number of hydrogen-bond acceptors (Lipinski definition) is 8. The molecular weight excluding hydrogens is 388 g/mol. The average Bonchev–Trinajstić information content (AvgIpc) is 3.27. The monoisotopic (exact) mass is 410 g/mol. The van der Waals surface area contributed by atoms with Crippen LogP contribution in [0.15, 0.2) is 35.8 Å². The van der Waals surface area contributed by atoms with Crippen LogP contribution in [0.25, 0.3) is 10.2 Å². The topological polar surface area (TPSA) is 74.7 Å². The van der Waals surface area contributed by atoms with Gasteiger partial charge in [0.25, 0.3) is 5.91 Å². The maximum Gasteiger partial charge on any atom is 0.254 e. The number of hydrogen-bond donors (Lipinski definition) is 0. The molecule has 2 aliphatic heterocycles. The van der Waals surface area contributed by atoms with Crippen LogP contribution in [0.2, 0.25) is 0 Å². The Morgan fingerprint density at radius 1 is 0.897 bits per heavy atom. The number of piperazine rings is 1. The number of benzene rings is 1. The van der Waals surface area contributed by atoms with Crippen molar-refractivity contribution in [2.24, 2.45) is 0 Å². The van der Waals surface area contributed by atoms with Crippen LogP contribution in [0, 0.1) is 0 Å². The summed E-state index contributed by atoms with van der Waals surface area (Å²) in [6.07, 6.45) is 0. The Hall–Kier alpha value is -2.78. The molecule has 29 heavy (non-hydrogen) atoms. The van der Waals surface area contributed by atoms with Gasteiger partial charge in [0.05, 0.1) is 28.9 Å². The average molecular weight is 411 g/mol. The van der Waals surface area contributed by atoms with Crippen LogP contribution < -0.4 is 9.80 Å². The zero-order valence-corrected chi connectivity index (χ0v) is 16.8. The third kappa shape index (κ3) is 3.75. The van der Waals surface area contributed by atoms with Gasteiger partial charge in [-0.15, -0.1) is 21.5 Å². The Bertz CT molecular complexity index is 994. The number of amides is 1. The van der Waals surface area contributed by atoms with Crippen LogP contribution in [0.5, 0.6) is 0 Å². The van der Waals surface area contributed by atoms with Gasteiger partial charge in [0.2, 0.25) is 0 Å². The molecule has 0 radical (unpaired) electrons. The molecule has 2 fully saturated rings. The summed E-state index contributed by atoms with van der Waals surface area (Å²) in [5.41, 5.74) is 3.48. The van der Waals surface area contributed by atoms with Crippen molar-refractivity contribution in [3.8, 4) is 0 Å². The number of anilines is 2. The zero-order valence-electron chi connectivity index (χ0n) is 16.0. The number of aromatic nitrogens is 3. The highest BCUT2D eigenvalue weighted by Gasteiger charge is 2.24. The quantitative estimate of drug-likeness (QED) is 0.653. The number of carbonyl (C=O) groups is 1. The second-order valence-corrected chi connectivity index (χ2v) is 8.05. The number of carbonyl (C=O) groups excluding carboxylic acids is 1. The first-order valence-corrected chi connectivity index (χ1v) is 10.7. The summed E-state index contributed by atoms with van der Waals surface area (Å²) in [5.74, 6) is 1.83. The summed E-state index contributed by atoms with van der Waals surface area (Å²) in [4.78, 5) is 23.4. The molecule has 9 heteroatoms. The standard InChI is InChI=1S/C20H22N6O2S/c27-20(15-1-2-16-17(13-15)29-14-21-16)26-7-5-24(6-8-26)18-3-4-19(23-22-18)25-9-11-28-12-10-25/h1-4,13-14H,5-12H2. The molecule has 1 amide bonds. The van der Waals surface area contributed by atoms with Gasteiger partial charge in [-0.25, -0.2) is 4.98 Å². The Labute approximate surface area is 172 Å². The van der Waals surface area contributed by atoms with E-state index >= 15 is 0 Å². The highest BCUT2D eigenvalue weighted by molar-refractivity contribution is 7.16. The first-order chi connectivity index (χ1) is 14.3. The lowest BCUT2D eigenvalue weighted by atomic mass is 10.1. The van der Waals surface area contributed by atoms with E-state index in [0.717, 1.165) is 66.8 Å². The summed E-state index contributed by atoms with van der Waals surface area (Å²) in [5, 5.41) is 8.81. The van der Waals surface area contributed by atoms with Crippen LogP contribution in [0.3, 0.4) is 0 Å². The fourth-order valence-corrected chi connectivity index (χ4v) is 4.47. The van der Waals surface area contributed by atoms with Crippen molar-refractivity contribution < 1.29 is 9.53 Å². The summed E-state index contributed by atoms with van der Waals surface area (Å²) in [6.45, 7) is 6.01. The lowest BCUT2D eigenvalue weighted by Gasteiger charge is -2.35. The van der Waals surface area contributed by atoms with E-state index in [4.69, 9.17) is 4.74 Å². The van der Waals surface area contributed by atoms with Crippen molar-refractivity contribution in [2.75, 3.05) is 62.3 Å². The van der Waals surface area contributed by atoms with E-state index in [2.05, 4.69) is 25.0 Å². The third-order valence-electron chi connectivity index (χ3n) is 5.44. The van der Waals surface area contributed by atoms with E-state index in [0.29, 0.717) is 13.1 Å². The Morgan fingerprint density at radius 3 is 2.28 bits per heavy atom. The highest BCUT2D eigenvalue weighted by Crippen LogP contribution is 2.21. The second kappa shape index (κ2) is 7.92. The molecule has 4 heterocycles. The van der Waals surface area contributed by atoms with Crippen molar-refractivity contribution in [3.63, 3.8) is 0 Å². The van der Waals surface area contributed by atoms with E-state index in [9.17, 15) is 4.79 Å². The Balaban J connectivity index is 1.21. The minimum atomic E-state index is 0.0775. The molecule has 0 bridgehead atoms. The van der Waals surface area contributed by atoms with E-state index < -0.39 is 0 Å². The number of rotatable bonds is 3. The van der Waals surface area contributed by atoms with Gasteiger partial charge in [-0.1, -0.05) is 0 Å². The van der Waals surface area contributed by atoms with E-state index in [1.54, 1.807) is 11.3 Å². The molecule has 2 aliphatic rings. The normalized spacial score (nSPS) is 17.7. The molecule has 1 aromatic carbocycles. The fraction of sp³-hybridized carbons (Fsp3) is 0.400. The minimum Gasteiger partial charge on any atom is -0.378 e. The summed E-state index contributed by atoms with van der Waals surface area (Å²) < 4.78 is 6.43. The fourth-order valence-electron chi connectivity index (χ4n) is 3.76. The predicted molar refractivity (Wildman–Crippen MR) is 113 cm³/mol. The molecule has 3 aromatic rings. The van der Waals surface area contributed by atoms with E-state index in [1.807, 2.05) is 40.7 Å². The number of nitrogens with zero attached hydrogens (tertiary/aromatic N) is 6. The summed E-state index contributed by atoms with van der Waals surface area (Å²) >= 11 is 1.56. The number of morpholine rings is 1. The maximum atomic E-state index is 12.9. The molecular formula is C20H22N6O2S. The summed E-state index contributed by atoms with van der Waals surface area (Å²) in [6, 6.07) is 9.77. The van der Waals surface area contributed by atoms with Gasteiger partial charge in [-0.3, -0.25) is 4.79 Å². The van der Waals surface area contributed by atoms with Crippen molar-refractivity contribution in [3.05, 3.63) is 41.4 Å². The van der Waals surface area contributed by atoms with Gasteiger partial charge in [-0.2, -0.15) is 0 Å². The number of fused-ring (bicyclic) bond motifs is 1. The first-order valence-electron chi connectivity index (χ1n) is 9.82. The number of ether oxygens (including phenoxy) is 1. The van der Waals surface area contributed by atoms with Crippen LogP contribution >= 0.6 is 11.3 Å². The number of thiazole rings is 1. The van der Waals surface area contributed by atoms with Crippen molar-refractivity contribution in [1.29, 1.82) is 0 Å². The highest BCUT2D eigenvalue weighted by atomic mass is 32.1. The van der Waals surface area contributed by atoms with Gasteiger partial charge in [-0.05, 0) is 30.3 Å².